The Bertz CT molecular complexity index is 1140. The fourth-order valence-corrected chi connectivity index (χ4v) is 4.11. The molecule has 1 saturated heterocycles. The predicted molar refractivity (Wildman–Crippen MR) is 112 cm³/mol. The molecule has 9 heteroatoms. The molecular formula is C21H13F3N2O2S2. The van der Waals surface area contributed by atoms with Crippen molar-refractivity contribution in [2.24, 2.45) is 0 Å². The van der Waals surface area contributed by atoms with Gasteiger partial charge in [0, 0.05) is 24.0 Å². The normalized spacial score (nSPS) is 16.0. The van der Waals surface area contributed by atoms with Gasteiger partial charge in [0.25, 0.3) is 5.91 Å². The van der Waals surface area contributed by atoms with Crippen molar-refractivity contribution < 1.29 is 22.4 Å². The van der Waals surface area contributed by atoms with Gasteiger partial charge in [-0.1, -0.05) is 42.2 Å². The molecule has 0 atom stereocenters. The molecule has 1 amide bonds. The van der Waals surface area contributed by atoms with E-state index in [1.54, 1.807) is 36.7 Å². The van der Waals surface area contributed by atoms with Crippen LogP contribution >= 0.6 is 24.0 Å². The van der Waals surface area contributed by atoms with Crippen molar-refractivity contribution in [2.75, 3.05) is 0 Å². The van der Waals surface area contributed by atoms with Gasteiger partial charge in [0.1, 0.15) is 15.8 Å². The number of carbonyl (C=O) groups is 1. The molecule has 30 heavy (non-hydrogen) atoms. The average Bonchev–Trinajstić information content (AvgIpc) is 3.29. The molecule has 3 heterocycles. The number of furan rings is 1. The number of rotatable bonds is 4. The number of nitrogens with zero attached hydrogens (tertiary/aromatic N) is 2. The van der Waals surface area contributed by atoms with Gasteiger partial charge in [-0.15, -0.1) is 0 Å². The quantitative estimate of drug-likeness (QED) is 0.377. The number of hydrogen-bond acceptors (Lipinski definition) is 5. The van der Waals surface area contributed by atoms with E-state index >= 15 is 0 Å². The molecule has 4 nitrogen and oxygen atoms in total. The minimum absolute atomic E-state index is 0.258. The van der Waals surface area contributed by atoms with Gasteiger partial charge >= 0.3 is 6.18 Å². The van der Waals surface area contributed by atoms with Crippen molar-refractivity contribution in [2.45, 2.75) is 12.7 Å². The molecule has 3 aromatic rings. The highest BCUT2D eigenvalue weighted by Crippen LogP contribution is 2.35. The molecule has 2 aromatic heterocycles. The second-order valence-corrected chi connectivity index (χ2v) is 8.09. The second-order valence-electron chi connectivity index (χ2n) is 6.41. The maximum Gasteiger partial charge on any atom is 0.416 e. The maximum atomic E-state index is 12.9. The largest absolute Gasteiger partial charge is 0.457 e. The Morgan fingerprint density at radius 2 is 2.00 bits per heavy atom. The molecule has 0 aliphatic carbocycles. The molecule has 0 radical (unpaired) electrons. The summed E-state index contributed by atoms with van der Waals surface area (Å²) in [6.45, 7) is 0.309. The molecular weight excluding hydrogens is 433 g/mol. The van der Waals surface area contributed by atoms with E-state index in [9.17, 15) is 18.0 Å². The third-order valence-electron chi connectivity index (χ3n) is 4.31. The van der Waals surface area contributed by atoms with E-state index in [0.717, 1.165) is 29.5 Å². The highest BCUT2D eigenvalue weighted by molar-refractivity contribution is 8.26. The highest BCUT2D eigenvalue weighted by atomic mass is 32.2. The lowest BCUT2D eigenvalue weighted by Crippen LogP contribution is -2.27. The van der Waals surface area contributed by atoms with Gasteiger partial charge in [-0.2, -0.15) is 13.2 Å². The average molecular weight is 446 g/mol. The number of alkyl halides is 3. The molecule has 0 saturated carbocycles. The molecule has 1 aromatic carbocycles. The lowest BCUT2D eigenvalue weighted by Gasteiger charge is -2.13. The van der Waals surface area contributed by atoms with Gasteiger partial charge in [-0.3, -0.25) is 14.7 Å². The van der Waals surface area contributed by atoms with Crippen molar-refractivity contribution >= 4 is 40.3 Å². The Labute approximate surface area is 179 Å². The van der Waals surface area contributed by atoms with Crippen molar-refractivity contribution in [3.8, 4) is 11.3 Å². The highest BCUT2D eigenvalue weighted by Gasteiger charge is 2.33. The summed E-state index contributed by atoms with van der Waals surface area (Å²) < 4.78 is 44.9. The van der Waals surface area contributed by atoms with Gasteiger partial charge in [0.05, 0.1) is 17.0 Å². The standard InChI is InChI=1S/C21H13F3N2O2S2/c22-21(23,24)15-5-1-4-14(9-15)17-7-6-16(28-17)10-18-19(27)26(20(29)30-18)12-13-3-2-8-25-11-13/h1-11H,12H2/b18-10+. The SMILES string of the molecule is O=C1/C(=C\c2ccc(-c3cccc(C(F)(F)F)c3)o2)SC(=S)N1Cc1cccnc1. The van der Waals surface area contributed by atoms with Crippen LogP contribution in [0.1, 0.15) is 16.9 Å². The maximum absolute atomic E-state index is 12.9. The second kappa shape index (κ2) is 8.08. The molecule has 1 aliphatic heterocycles. The number of thiocarbonyl (C=S) groups is 1. The zero-order valence-electron chi connectivity index (χ0n) is 15.2. The fraction of sp³-hybridized carbons (Fsp3) is 0.0952. The predicted octanol–water partition coefficient (Wildman–Crippen LogP) is 5.76. The summed E-state index contributed by atoms with van der Waals surface area (Å²) in [7, 11) is 0. The topological polar surface area (TPSA) is 46.3 Å². The first-order valence-corrected chi connectivity index (χ1v) is 9.95. The van der Waals surface area contributed by atoms with Gasteiger partial charge in [-0.25, -0.2) is 0 Å². The molecule has 0 bridgehead atoms. The van der Waals surface area contributed by atoms with E-state index in [-0.39, 0.29) is 11.7 Å². The molecule has 0 spiro atoms. The Morgan fingerprint density at radius 3 is 2.73 bits per heavy atom. The van der Waals surface area contributed by atoms with Crippen LogP contribution in [0.5, 0.6) is 0 Å². The van der Waals surface area contributed by atoms with Gasteiger partial charge in [0.2, 0.25) is 0 Å². The van der Waals surface area contributed by atoms with E-state index in [2.05, 4.69) is 4.98 Å². The fourth-order valence-electron chi connectivity index (χ4n) is 2.87. The zero-order valence-corrected chi connectivity index (χ0v) is 16.9. The van der Waals surface area contributed by atoms with E-state index in [1.807, 2.05) is 6.07 Å². The van der Waals surface area contributed by atoms with E-state index < -0.39 is 11.7 Å². The van der Waals surface area contributed by atoms with E-state index in [1.165, 1.54) is 17.0 Å². The number of carbonyl (C=O) groups excluding carboxylic acids is 1. The lowest BCUT2D eigenvalue weighted by molar-refractivity contribution is -0.137. The number of halogens is 3. The van der Waals surface area contributed by atoms with E-state index in [0.29, 0.717) is 27.1 Å². The number of aromatic nitrogens is 1. The van der Waals surface area contributed by atoms with Crippen LogP contribution in [-0.4, -0.2) is 20.1 Å². The number of thioether (sulfide) groups is 1. The lowest BCUT2D eigenvalue weighted by atomic mass is 10.1. The number of benzene rings is 1. The Kier molecular flexibility index (Phi) is 5.48. The summed E-state index contributed by atoms with van der Waals surface area (Å²) in [5.74, 6) is 0.369. The summed E-state index contributed by atoms with van der Waals surface area (Å²) in [6, 6.07) is 11.7. The van der Waals surface area contributed by atoms with Crippen LogP contribution < -0.4 is 0 Å². The van der Waals surface area contributed by atoms with Gasteiger partial charge in [0.15, 0.2) is 0 Å². The first-order chi connectivity index (χ1) is 14.3. The van der Waals surface area contributed by atoms with Crippen molar-refractivity contribution in [1.29, 1.82) is 0 Å². The number of hydrogen-bond donors (Lipinski definition) is 0. The Balaban J connectivity index is 1.55. The van der Waals surface area contributed by atoms with Crippen LogP contribution in [0.4, 0.5) is 13.2 Å². The van der Waals surface area contributed by atoms with Crippen LogP contribution in [0.3, 0.4) is 0 Å². The molecule has 1 fully saturated rings. The van der Waals surface area contributed by atoms with Crippen LogP contribution in [0.2, 0.25) is 0 Å². The van der Waals surface area contributed by atoms with Crippen LogP contribution in [0.25, 0.3) is 17.4 Å². The van der Waals surface area contributed by atoms with Crippen molar-refractivity contribution in [1.82, 2.24) is 9.88 Å². The minimum atomic E-state index is -4.44. The Hall–Kier alpha value is -2.91. The summed E-state index contributed by atoms with van der Waals surface area (Å²) in [4.78, 5) is 18.6. The first-order valence-electron chi connectivity index (χ1n) is 8.73. The van der Waals surface area contributed by atoms with Crippen LogP contribution in [0.15, 0.2) is 70.2 Å². The molecule has 4 rings (SSSR count). The van der Waals surface area contributed by atoms with Gasteiger partial charge < -0.3 is 4.42 Å². The zero-order chi connectivity index (χ0) is 21.3. The summed E-state index contributed by atoms with van der Waals surface area (Å²) in [5, 5.41) is 0. The number of amides is 1. The van der Waals surface area contributed by atoms with Crippen molar-refractivity contribution in [3.63, 3.8) is 0 Å². The third kappa shape index (κ3) is 4.31. The summed E-state index contributed by atoms with van der Waals surface area (Å²) in [6.07, 6.45) is 0.413. The van der Waals surface area contributed by atoms with Crippen LogP contribution in [0, 0.1) is 0 Å². The van der Waals surface area contributed by atoms with E-state index in [4.69, 9.17) is 16.6 Å². The Morgan fingerprint density at radius 1 is 1.17 bits per heavy atom. The van der Waals surface area contributed by atoms with Crippen LogP contribution in [-0.2, 0) is 17.5 Å². The molecule has 0 unspecified atom stereocenters. The molecule has 0 N–H and O–H groups in total. The minimum Gasteiger partial charge on any atom is -0.457 e. The summed E-state index contributed by atoms with van der Waals surface area (Å²) >= 11 is 6.46. The molecule has 1 aliphatic rings. The van der Waals surface area contributed by atoms with Gasteiger partial charge in [-0.05, 0) is 35.9 Å². The molecule has 152 valence electrons. The third-order valence-corrected chi connectivity index (χ3v) is 5.69. The number of pyridine rings is 1. The first kappa shape index (κ1) is 20.4. The monoisotopic (exact) mass is 446 g/mol. The van der Waals surface area contributed by atoms with Crippen molar-refractivity contribution in [3.05, 3.63) is 82.7 Å². The smallest absolute Gasteiger partial charge is 0.416 e. The summed E-state index contributed by atoms with van der Waals surface area (Å²) in [5.41, 5.74) is 0.391.